The smallest absolute Gasteiger partial charge is 0.245 e. The molecule has 0 heterocycles. The molecule has 0 aromatic heterocycles. The fraction of sp³-hybridized carbons (Fsp3) is 0.591. The second-order valence-corrected chi connectivity index (χ2v) is 6.45. The van der Waals surface area contributed by atoms with Crippen LogP contribution in [0, 0.1) is 10.1 Å². The lowest BCUT2D eigenvalue weighted by molar-refractivity contribution is -0.530. The van der Waals surface area contributed by atoms with E-state index in [0.29, 0.717) is 6.42 Å². The molecule has 1 N–H and O–H groups in total. The zero-order chi connectivity index (χ0) is 20.2. The zero-order valence-corrected chi connectivity index (χ0v) is 16.5. The first-order chi connectivity index (χ1) is 13.1. The van der Waals surface area contributed by atoms with Crippen LogP contribution in [0.1, 0.15) is 71.1 Å². The topological polar surface area (TPSA) is 80.4 Å². The Morgan fingerprint density at radius 1 is 0.889 bits per heavy atom. The van der Waals surface area contributed by atoms with Crippen molar-refractivity contribution in [1.82, 2.24) is 0 Å². The molecule has 0 bridgehead atoms. The van der Waals surface area contributed by atoms with E-state index in [-0.39, 0.29) is 6.42 Å². The quantitative estimate of drug-likeness (QED) is 0.122. The molecule has 0 aliphatic rings. The lowest BCUT2D eigenvalue weighted by Gasteiger charge is -2.10. The molecule has 5 nitrogen and oxygen atoms in total. The van der Waals surface area contributed by atoms with Crippen LogP contribution in [-0.4, -0.2) is 28.5 Å². The van der Waals surface area contributed by atoms with Crippen LogP contribution in [0.25, 0.3) is 0 Å². The van der Waals surface area contributed by atoms with Gasteiger partial charge in [-0.15, -0.1) is 0 Å². The zero-order valence-electron chi connectivity index (χ0n) is 16.5. The van der Waals surface area contributed by atoms with Gasteiger partial charge in [0.2, 0.25) is 6.04 Å². The third kappa shape index (κ3) is 15.9. The van der Waals surface area contributed by atoms with E-state index in [0.717, 1.165) is 57.7 Å². The van der Waals surface area contributed by atoms with Gasteiger partial charge in [-0.3, -0.25) is 10.1 Å². The van der Waals surface area contributed by atoms with Gasteiger partial charge in [0.1, 0.15) is 12.4 Å². The molecular weight excluding hydrogens is 342 g/mol. The summed E-state index contributed by atoms with van der Waals surface area (Å²) in [6.45, 7) is 2.06. The minimum Gasteiger partial charge on any atom is -0.382 e. The number of carbonyl (C=O) groups is 1. The first-order valence-corrected chi connectivity index (χ1v) is 10.00. The maximum Gasteiger partial charge on any atom is 0.245 e. The van der Waals surface area contributed by atoms with Gasteiger partial charge in [0, 0.05) is 17.8 Å². The lowest BCUT2D eigenvalue weighted by atomic mass is 10.1. The number of unbranched alkanes of at least 4 members (excludes halogenated alkanes) is 5. The first kappa shape index (κ1) is 25.0. The Labute approximate surface area is 163 Å². The average molecular weight is 378 g/mol. The van der Waals surface area contributed by atoms with Gasteiger partial charge in [-0.05, 0) is 44.9 Å². The van der Waals surface area contributed by atoms with Gasteiger partial charge in [-0.2, -0.15) is 0 Å². The van der Waals surface area contributed by atoms with Gasteiger partial charge in [0.15, 0.2) is 0 Å². The summed E-state index contributed by atoms with van der Waals surface area (Å²) in [7, 11) is 0. The van der Waals surface area contributed by atoms with E-state index < -0.39 is 17.1 Å². The summed E-state index contributed by atoms with van der Waals surface area (Å²) < 4.78 is 0. The number of aliphatic hydroxyl groups excluding tert-OH is 1. The minimum absolute atomic E-state index is 0.225. The van der Waals surface area contributed by atoms with E-state index in [1.165, 1.54) is 6.08 Å². The van der Waals surface area contributed by atoms with Crippen molar-refractivity contribution in [2.45, 2.75) is 83.3 Å². The predicted octanol–water partition coefficient (Wildman–Crippen LogP) is 5.34. The molecule has 0 aromatic carbocycles. The van der Waals surface area contributed by atoms with Gasteiger partial charge in [-0.1, -0.05) is 62.0 Å². The molecule has 0 saturated heterocycles. The van der Waals surface area contributed by atoms with Gasteiger partial charge in [-0.25, -0.2) is 0 Å². The number of aliphatic hydroxyl groups is 1. The number of aldehydes is 1. The van der Waals surface area contributed by atoms with Crippen molar-refractivity contribution >= 4 is 6.29 Å². The molecule has 0 aliphatic heterocycles. The van der Waals surface area contributed by atoms with Crippen LogP contribution in [0.15, 0.2) is 48.6 Å². The summed E-state index contributed by atoms with van der Waals surface area (Å²) in [6, 6.07) is -1.01. The molecule has 27 heavy (non-hydrogen) atoms. The van der Waals surface area contributed by atoms with E-state index in [9.17, 15) is 20.0 Å². The van der Waals surface area contributed by atoms with E-state index in [1.807, 2.05) is 18.2 Å². The van der Waals surface area contributed by atoms with Crippen LogP contribution in [-0.2, 0) is 4.79 Å². The molecule has 0 radical (unpaired) electrons. The summed E-state index contributed by atoms with van der Waals surface area (Å²) in [5, 5.41) is 21.2. The Kier molecular flexibility index (Phi) is 17.4. The standard InChI is InChI=1S/C22H35NO4/c1-2-3-4-5-12-15-18-21(23(26)27)22(25)19-16-13-10-8-6-7-9-11-14-17-20-24/h3-4,6,8,12,15-16,19-22,25H,2,5,7,9-11,13-14,17-18H2,1H3/b4-3-,8-6-,15-12-,19-16-. The van der Waals surface area contributed by atoms with Crippen LogP contribution < -0.4 is 0 Å². The van der Waals surface area contributed by atoms with Crippen LogP contribution in [0.2, 0.25) is 0 Å². The first-order valence-electron chi connectivity index (χ1n) is 10.00. The predicted molar refractivity (Wildman–Crippen MR) is 111 cm³/mol. The van der Waals surface area contributed by atoms with E-state index >= 15 is 0 Å². The number of allylic oxidation sites excluding steroid dienone is 6. The Morgan fingerprint density at radius 2 is 1.56 bits per heavy atom. The van der Waals surface area contributed by atoms with Gasteiger partial charge in [0.05, 0.1) is 0 Å². The highest BCUT2D eigenvalue weighted by atomic mass is 16.6. The summed E-state index contributed by atoms with van der Waals surface area (Å²) in [5.74, 6) is 0. The molecule has 0 aromatic rings. The second-order valence-electron chi connectivity index (χ2n) is 6.45. The van der Waals surface area contributed by atoms with Crippen molar-refractivity contribution < 1.29 is 14.8 Å². The largest absolute Gasteiger partial charge is 0.382 e. The summed E-state index contributed by atoms with van der Waals surface area (Å²) >= 11 is 0. The second kappa shape index (κ2) is 18.8. The van der Waals surface area contributed by atoms with Crippen LogP contribution in [0.4, 0.5) is 0 Å². The van der Waals surface area contributed by atoms with Crippen molar-refractivity contribution in [3.8, 4) is 0 Å². The van der Waals surface area contributed by atoms with Gasteiger partial charge >= 0.3 is 0 Å². The maximum atomic E-state index is 11.1. The molecule has 0 aliphatic carbocycles. The molecule has 0 rings (SSSR count). The van der Waals surface area contributed by atoms with Crippen LogP contribution in [0.3, 0.4) is 0 Å². The summed E-state index contributed by atoms with van der Waals surface area (Å²) in [5.41, 5.74) is 0. The van der Waals surface area contributed by atoms with Crippen LogP contribution in [0.5, 0.6) is 0 Å². The van der Waals surface area contributed by atoms with Crippen LogP contribution >= 0.6 is 0 Å². The summed E-state index contributed by atoms with van der Waals surface area (Å²) in [4.78, 5) is 20.9. The highest BCUT2D eigenvalue weighted by Gasteiger charge is 2.26. The normalized spacial score (nSPS) is 14.6. The Morgan fingerprint density at radius 3 is 2.26 bits per heavy atom. The fourth-order valence-electron chi connectivity index (χ4n) is 2.48. The van der Waals surface area contributed by atoms with Crippen molar-refractivity contribution in [1.29, 1.82) is 0 Å². The number of nitrogens with zero attached hydrogens (tertiary/aromatic N) is 1. The Hall–Kier alpha value is -2.01. The van der Waals surface area contributed by atoms with Crippen molar-refractivity contribution in [2.75, 3.05) is 0 Å². The van der Waals surface area contributed by atoms with E-state index in [4.69, 9.17) is 0 Å². The number of hydrogen-bond donors (Lipinski definition) is 1. The van der Waals surface area contributed by atoms with E-state index in [1.54, 1.807) is 6.08 Å². The maximum absolute atomic E-state index is 11.1. The molecule has 0 fully saturated rings. The Bertz CT molecular complexity index is 495. The van der Waals surface area contributed by atoms with Crippen molar-refractivity contribution in [2.24, 2.45) is 0 Å². The number of hydrogen-bond acceptors (Lipinski definition) is 4. The third-order valence-corrected chi connectivity index (χ3v) is 4.08. The number of carbonyl (C=O) groups excluding carboxylic acids is 1. The molecule has 2 atom stereocenters. The summed E-state index contributed by atoms with van der Waals surface area (Å²) in [6.07, 6.45) is 23.5. The number of nitro groups is 1. The SMILES string of the molecule is CC/C=C\C/C=C\CC(C(O)/C=C\CC/C=C\CCCCCC=O)[N+](=O)[O-]. The lowest BCUT2D eigenvalue weighted by Crippen LogP contribution is -2.31. The highest BCUT2D eigenvalue weighted by Crippen LogP contribution is 2.09. The average Bonchev–Trinajstić information content (AvgIpc) is 2.65. The van der Waals surface area contributed by atoms with Gasteiger partial charge in [0.25, 0.3) is 0 Å². The Balaban J connectivity index is 4.03. The molecular formula is C22H35NO4. The van der Waals surface area contributed by atoms with Crippen molar-refractivity contribution in [3.05, 3.63) is 58.7 Å². The number of rotatable bonds is 17. The third-order valence-electron chi connectivity index (χ3n) is 4.08. The molecule has 0 amide bonds. The molecule has 0 saturated carbocycles. The molecule has 2 unspecified atom stereocenters. The minimum atomic E-state index is -1.07. The molecule has 0 spiro atoms. The van der Waals surface area contributed by atoms with E-state index in [2.05, 4.69) is 25.2 Å². The fourth-order valence-corrected chi connectivity index (χ4v) is 2.48. The highest BCUT2D eigenvalue weighted by molar-refractivity contribution is 5.48. The molecule has 5 heteroatoms. The van der Waals surface area contributed by atoms with Crippen molar-refractivity contribution in [3.63, 3.8) is 0 Å². The van der Waals surface area contributed by atoms with Gasteiger partial charge < -0.3 is 9.90 Å². The monoisotopic (exact) mass is 377 g/mol. The molecule has 152 valence electrons.